The minimum absolute atomic E-state index is 0.0373. The number of nitro groups is 1. The van der Waals surface area contributed by atoms with Gasteiger partial charge in [-0.05, 0) is 0 Å². The SMILES string of the molecule is O=[N+]([O-])c1cc(Br)ccc1[Se]c1ccccc1. The zero-order valence-corrected chi connectivity index (χ0v) is 12.0. The molecule has 0 unspecified atom stereocenters. The van der Waals surface area contributed by atoms with Crippen molar-refractivity contribution in [3.05, 3.63) is 63.1 Å². The second kappa shape index (κ2) is 5.45. The van der Waals surface area contributed by atoms with Crippen LogP contribution in [0.25, 0.3) is 0 Å². The van der Waals surface area contributed by atoms with Gasteiger partial charge in [0, 0.05) is 0 Å². The number of rotatable bonds is 3. The first-order valence-electron chi connectivity index (χ1n) is 4.83. The van der Waals surface area contributed by atoms with Crippen LogP contribution in [0.3, 0.4) is 0 Å². The predicted octanol–water partition coefficient (Wildman–Crippen LogP) is 2.01. The summed E-state index contributed by atoms with van der Waals surface area (Å²) in [4.78, 5) is 10.6. The zero-order valence-electron chi connectivity index (χ0n) is 8.67. The molecule has 5 heteroatoms. The summed E-state index contributed by atoms with van der Waals surface area (Å²) in [6, 6.07) is 15.0. The van der Waals surface area contributed by atoms with Gasteiger partial charge in [-0.2, -0.15) is 0 Å². The molecule has 0 aliphatic rings. The van der Waals surface area contributed by atoms with E-state index in [4.69, 9.17) is 0 Å². The molecule has 0 saturated heterocycles. The molecule has 2 aromatic carbocycles. The fourth-order valence-corrected chi connectivity index (χ4v) is 3.62. The minimum atomic E-state index is -0.329. The summed E-state index contributed by atoms with van der Waals surface area (Å²) in [5.74, 6) is 0. The van der Waals surface area contributed by atoms with Gasteiger partial charge in [0.2, 0.25) is 0 Å². The van der Waals surface area contributed by atoms with Crippen LogP contribution in [0.1, 0.15) is 0 Å². The van der Waals surface area contributed by atoms with E-state index < -0.39 is 0 Å². The molecule has 0 heterocycles. The molecule has 2 aromatic rings. The molecule has 0 radical (unpaired) electrons. The van der Waals surface area contributed by atoms with Gasteiger partial charge in [0.15, 0.2) is 0 Å². The van der Waals surface area contributed by atoms with E-state index in [-0.39, 0.29) is 25.6 Å². The second-order valence-corrected chi connectivity index (χ2v) is 6.54. The van der Waals surface area contributed by atoms with Crippen molar-refractivity contribution in [3.63, 3.8) is 0 Å². The summed E-state index contributed by atoms with van der Waals surface area (Å²) in [6.45, 7) is 0. The van der Waals surface area contributed by atoms with Crippen LogP contribution in [-0.2, 0) is 0 Å². The Kier molecular flexibility index (Phi) is 3.94. The van der Waals surface area contributed by atoms with Crippen molar-refractivity contribution < 1.29 is 4.92 Å². The monoisotopic (exact) mass is 357 g/mol. The fourth-order valence-electron chi connectivity index (χ4n) is 1.34. The van der Waals surface area contributed by atoms with Gasteiger partial charge in [-0.25, -0.2) is 0 Å². The van der Waals surface area contributed by atoms with Gasteiger partial charge in [-0.15, -0.1) is 0 Å². The molecular formula is C12H8BrNO2Se. The van der Waals surface area contributed by atoms with Gasteiger partial charge in [0.25, 0.3) is 0 Å². The molecule has 86 valence electrons. The first-order valence-corrected chi connectivity index (χ1v) is 7.34. The molecule has 0 aromatic heterocycles. The Morgan fingerprint density at radius 3 is 2.47 bits per heavy atom. The molecule has 0 fully saturated rings. The molecule has 0 atom stereocenters. The summed E-state index contributed by atoms with van der Waals surface area (Å²) < 4.78 is 2.65. The summed E-state index contributed by atoms with van der Waals surface area (Å²) in [5, 5.41) is 11.0. The summed E-state index contributed by atoms with van der Waals surface area (Å²) in [6.07, 6.45) is 0. The van der Waals surface area contributed by atoms with Gasteiger partial charge < -0.3 is 0 Å². The van der Waals surface area contributed by atoms with Crippen LogP contribution in [-0.4, -0.2) is 19.9 Å². The van der Waals surface area contributed by atoms with E-state index in [0.29, 0.717) is 0 Å². The molecule has 0 amide bonds. The maximum atomic E-state index is 11.0. The van der Waals surface area contributed by atoms with Gasteiger partial charge in [-0.3, -0.25) is 0 Å². The van der Waals surface area contributed by atoms with Gasteiger partial charge in [0.1, 0.15) is 0 Å². The summed E-state index contributed by atoms with van der Waals surface area (Å²) in [5.41, 5.74) is 0.184. The summed E-state index contributed by atoms with van der Waals surface area (Å²) >= 11 is 3.22. The van der Waals surface area contributed by atoms with Crippen LogP contribution in [0.15, 0.2) is 53.0 Å². The van der Waals surface area contributed by atoms with E-state index in [0.717, 1.165) is 13.4 Å². The van der Waals surface area contributed by atoms with Crippen molar-refractivity contribution in [2.24, 2.45) is 0 Å². The number of nitro benzene ring substituents is 1. The fraction of sp³-hybridized carbons (Fsp3) is 0. The molecule has 0 aliphatic heterocycles. The Hall–Kier alpha value is -1.16. The molecule has 17 heavy (non-hydrogen) atoms. The topological polar surface area (TPSA) is 43.1 Å². The standard InChI is InChI=1S/C12H8BrNO2Se/c13-9-6-7-12(11(8-9)14(15)16)17-10-4-2-1-3-5-10/h1-8H. The molecule has 0 aliphatic carbocycles. The molecule has 0 bridgehead atoms. The third kappa shape index (κ3) is 3.16. The van der Waals surface area contributed by atoms with Crippen LogP contribution < -0.4 is 8.92 Å². The normalized spacial score (nSPS) is 10.2. The molecule has 0 N–H and O–H groups in total. The van der Waals surface area contributed by atoms with Crippen molar-refractivity contribution in [3.8, 4) is 0 Å². The van der Waals surface area contributed by atoms with Gasteiger partial charge in [0.05, 0.1) is 0 Å². The quantitative estimate of drug-likeness (QED) is 0.479. The van der Waals surface area contributed by atoms with Crippen LogP contribution >= 0.6 is 15.9 Å². The Bertz CT molecular complexity index is 545. The first-order chi connectivity index (χ1) is 8.16. The Morgan fingerprint density at radius 2 is 1.82 bits per heavy atom. The Morgan fingerprint density at radius 1 is 1.12 bits per heavy atom. The average Bonchev–Trinajstić information content (AvgIpc) is 2.32. The van der Waals surface area contributed by atoms with Crippen molar-refractivity contribution >= 4 is 45.5 Å². The molecule has 3 nitrogen and oxygen atoms in total. The van der Waals surface area contributed by atoms with E-state index in [1.807, 2.05) is 42.5 Å². The van der Waals surface area contributed by atoms with Gasteiger partial charge >= 0.3 is 114 Å². The van der Waals surface area contributed by atoms with E-state index in [1.165, 1.54) is 0 Å². The second-order valence-electron chi connectivity index (χ2n) is 3.28. The zero-order chi connectivity index (χ0) is 12.3. The van der Waals surface area contributed by atoms with Crippen molar-refractivity contribution in [1.29, 1.82) is 0 Å². The van der Waals surface area contributed by atoms with Crippen LogP contribution in [0.5, 0.6) is 0 Å². The van der Waals surface area contributed by atoms with E-state index in [9.17, 15) is 10.1 Å². The molecular weight excluding hydrogens is 349 g/mol. The number of halogens is 1. The van der Waals surface area contributed by atoms with Crippen molar-refractivity contribution in [2.75, 3.05) is 0 Å². The summed E-state index contributed by atoms with van der Waals surface area (Å²) in [7, 11) is 0. The predicted molar refractivity (Wildman–Crippen MR) is 72.3 cm³/mol. The van der Waals surface area contributed by atoms with E-state index >= 15 is 0 Å². The molecule has 0 spiro atoms. The van der Waals surface area contributed by atoms with Crippen molar-refractivity contribution in [1.82, 2.24) is 0 Å². The number of nitrogens with zero attached hydrogens (tertiary/aromatic N) is 1. The average molecular weight is 357 g/mol. The van der Waals surface area contributed by atoms with Crippen LogP contribution in [0, 0.1) is 10.1 Å². The van der Waals surface area contributed by atoms with Crippen LogP contribution in [0.2, 0.25) is 0 Å². The first kappa shape index (κ1) is 12.3. The van der Waals surface area contributed by atoms with E-state index in [2.05, 4.69) is 15.9 Å². The Labute approximate surface area is 113 Å². The van der Waals surface area contributed by atoms with Crippen molar-refractivity contribution in [2.45, 2.75) is 0 Å². The van der Waals surface area contributed by atoms with Gasteiger partial charge in [-0.1, -0.05) is 0 Å². The van der Waals surface area contributed by atoms with E-state index in [1.54, 1.807) is 6.07 Å². The third-order valence-electron chi connectivity index (χ3n) is 2.09. The van der Waals surface area contributed by atoms with Crippen LogP contribution in [0.4, 0.5) is 5.69 Å². The maximum absolute atomic E-state index is 11.0. The molecule has 2 rings (SSSR count). The number of hydrogen-bond donors (Lipinski definition) is 0. The Balaban J connectivity index is 2.36. The number of benzene rings is 2. The third-order valence-corrected chi connectivity index (χ3v) is 4.83. The molecule has 0 saturated carbocycles. The number of hydrogen-bond acceptors (Lipinski definition) is 2.